The monoisotopic (exact) mass is 381 g/mol. The third-order valence-electron chi connectivity index (χ3n) is 4.90. The zero-order chi connectivity index (χ0) is 19.7. The van der Waals surface area contributed by atoms with Crippen molar-refractivity contribution >= 4 is 11.6 Å². The molecule has 9 heteroatoms. The van der Waals surface area contributed by atoms with E-state index in [9.17, 15) is 9.59 Å². The molecule has 0 radical (unpaired) electrons. The summed E-state index contributed by atoms with van der Waals surface area (Å²) in [6.45, 7) is 1.74. The van der Waals surface area contributed by atoms with Crippen LogP contribution in [0.2, 0.25) is 0 Å². The molecule has 1 aromatic carbocycles. The van der Waals surface area contributed by atoms with Crippen LogP contribution >= 0.6 is 0 Å². The number of nitrogens with zero attached hydrogens (tertiary/aromatic N) is 4. The molecule has 1 aliphatic carbocycles. The first-order valence-corrected chi connectivity index (χ1v) is 8.93. The van der Waals surface area contributed by atoms with Crippen LogP contribution in [0.25, 0.3) is 5.69 Å². The molecule has 0 atom stereocenters. The third-order valence-corrected chi connectivity index (χ3v) is 4.90. The van der Waals surface area contributed by atoms with Gasteiger partial charge in [-0.2, -0.15) is 0 Å². The molecule has 0 unspecified atom stereocenters. The molecular formula is C19H19N5O4. The van der Waals surface area contributed by atoms with Crippen molar-refractivity contribution in [2.24, 2.45) is 0 Å². The molecule has 9 nitrogen and oxygen atoms in total. The summed E-state index contributed by atoms with van der Waals surface area (Å²) in [4.78, 5) is 25.2. The molecule has 1 fully saturated rings. The minimum Gasteiger partial charge on any atom is -0.497 e. The van der Waals surface area contributed by atoms with Gasteiger partial charge in [-0.05, 0) is 47.9 Å². The Morgan fingerprint density at radius 2 is 2.11 bits per heavy atom. The summed E-state index contributed by atoms with van der Waals surface area (Å²) in [7, 11) is 1.52. The number of rotatable bonds is 5. The summed E-state index contributed by atoms with van der Waals surface area (Å²) in [5.41, 5.74) is 1.01. The van der Waals surface area contributed by atoms with Gasteiger partial charge in [0.05, 0.1) is 12.8 Å². The first-order chi connectivity index (χ1) is 13.5. The average Bonchev–Trinajstić information content (AvgIpc) is 3.14. The molecule has 1 saturated carbocycles. The third kappa shape index (κ3) is 3.38. The summed E-state index contributed by atoms with van der Waals surface area (Å²) in [5.74, 6) is 0.906. The number of aromatic nitrogens is 4. The lowest BCUT2D eigenvalue weighted by Crippen LogP contribution is -2.24. The van der Waals surface area contributed by atoms with E-state index in [1.165, 1.54) is 18.1 Å². The maximum Gasteiger partial charge on any atom is 0.349 e. The Bertz CT molecular complexity index is 1070. The van der Waals surface area contributed by atoms with E-state index in [-0.39, 0.29) is 11.5 Å². The van der Waals surface area contributed by atoms with Crippen LogP contribution in [0.1, 0.15) is 46.9 Å². The molecule has 1 aliphatic rings. The van der Waals surface area contributed by atoms with Crippen LogP contribution in [-0.4, -0.2) is 33.2 Å². The first kappa shape index (κ1) is 17.9. The molecule has 4 rings (SSSR count). The number of methoxy groups -OCH3 is 1. The van der Waals surface area contributed by atoms with E-state index in [1.54, 1.807) is 31.2 Å². The summed E-state index contributed by atoms with van der Waals surface area (Å²) in [6, 6.07) is 6.83. The summed E-state index contributed by atoms with van der Waals surface area (Å²) in [5, 5.41) is 13.8. The maximum absolute atomic E-state index is 12.8. The number of hydrogen-bond donors (Lipinski definition) is 1. The fourth-order valence-corrected chi connectivity index (χ4v) is 3.18. The predicted molar refractivity (Wildman–Crippen MR) is 100.0 cm³/mol. The molecule has 0 spiro atoms. The second-order valence-corrected chi connectivity index (χ2v) is 6.75. The number of nitrogens with one attached hydrogen (secondary N) is 1. The van der Waals surface area contributed by atoms with Crippen LogP contribution in [0.15, 0.2) is 39.8 Å². The lowest BCUT2D eigenvalue weighted by atomic mass is 9.83. The van der Waals surface area contributed by atoms with Gasteiger partial charge in [0.15, 0.2) is 0 Å². The molecule has 2 aromatic heterocycles. The van der Waals surface area contributed by atoms with Gasteiger partial charge in [-0.3, -0.25) is 4.79 Å². The number of benzene rings is 1. The highest BCUT2D eigenvalue weighted by Gasteiger charge is 2.25. The Hall–Kier alpha value is -3.49. The van der Waals surface area contributed by atoms with Crippen molar-refractivity contribution in [2.45, 2.75) is 32.1 Å². The van der Waals surface area contributed by atoms with Gasteiger partial charge in [0.2, 0.25) is 0 Å². The zero-order valence-corrected chi connectivity index (χ0v) is 15.5. The number of aryl methyl sites for hydroxylation is 1. The number of ether oxygens (including phenoxy) is 1. The highest BCUT2D eigenvalue weighted by atomic mass is 16.5. The molecule has 28 heavy (non-hydrogen) atoms. The van der Waals surface area contributed by atoms with Crippen molar-refractivity contribution in [2.75, 3.05) is 12.4 Å². The molecule has 0 aliphatic heterocycles. The Morgan fingerprint density at radius 1 is 1.29 bits per heavy atom. The first-order valence-electron chi connectivity index (χ1n) is 8.93. The van der Waals surface area contributed by atoms with Crippen LogP contribution in [0, 0.1) is 6.92 Å². The average molecular weight is 381 g/mol. The van der Waals surface area contributed by atoms with Gasteiger partial charge < -0.3 is 14.5 Å². The molecule has 1 N–H and O–H groups in total. The Labute approximate surface area is 160 Å². The molecule has 1 amide bonds. The van der Waals surface area contributed by atoms with E-state index in [2.05, 4.69) is 20.8 Å². The van der Waals surface area contributed by atoms with Gasteiger partial charge in [-0.25, -0.2) is 9.48 Å². The smallest absolute Gasteiger partial charge is 0.349 e. The van der Waals surface area contributed by atoms with E-state index < -0.39 is 11.5 Å². The fraction of sp³-hybridized carbons (Fsp3) is 0.316. The number of amides is 1. The fourth-order valence-electron chi connectivity index (χ4n) is 3.18. The Morgan fingerprint density at radius 3 is 2.71 bits per heavy atom. The van der Waals surface area contributed by atoms with Gasteiger partial charge in [0.1, 0.15) is 23.4 Å². The minimum absolute atomic E-state index is 0.00475. The summed E-state index contributed by atoms with van der Waals surface area (Å²) in [6.07, 6.45) is 4.59. The van der Waals surface area contributed by atoms with Crippen molar-refractivity contribution in [1.29, 1.82) is 0 Å². The Balaban J connectivity index is 1.63. The second-order valence-electron chi connectivity index (χ2n) is 6.75. The highest BCUT2D eigenvalue weighted by molar-refractivity contribution is 6.05. The van der Waals surface area contributed by atoms with Gasteiger partial charge >= 0.3 is 5.63 Å². The van der Waals surface area contributed by atoms with Crippen LogP contribution in [-0.2, 0) is 0 Å². The number of carbonyl (C=O) groups excluding carboxylic acids is 1. The zero-order valence-electron chi connectivity index (χ0n) is 15.5. The van der Waals surface area contributed by atoms with Crippen LogP contribution in [0.5, 0.6) is 5.75 Å². The normalized spacial score (nSPS) is 13.8. The quantitative estimate of drug-likeness (QED) is 0.722. The van der Waals surface area contributed by atoms with Gasteiger partial charge in [-0.15, -0.1) is 5.10 Å². The lowest BCUT2D eigenvalue weighted by molar-refractivity contribution is 0.102. The Kier molecular flexibility index (Phi) is 4.64. The largest absolute Gasteiger partial charge is 0.497 e. The number of tetrazole rings is 1. The van der Waals surface area contributed by atoms with Crippen molar-refractivity contribution in [3.05, 3.63) is 57.9 Å². The summed E-state index contributed by atoms with van der Waals surface area (Å²) >= 11 is 0. The number of anilines is 1. The van der Waals surface area contributed by atoms with Crippen LogP contribution in [0.4, 0.5) is 5.69 Å². The van der Waals surface area contributed by atoms with Crippen molar-refractivity contribution in [1.82, 2.24) is 20.2 Å². The SMILES string of the molecule is COc1cc(NC(=O)c2c(C)cc(C3CCC3)oc2=O)cc(-n2cnnn2)c1. The van der Waals surface area contributed by atoms with Crippen molar-refractivity contribution < 1.29 is 13.9 Å². The highest BCUT2D eigenvalue weighted by Crippen LogP contribution is 2.36. The van der Waals surface area contributed by atoms with Crippen LogP contribution in [0.3, 0.4) is 0 Å². The second kappa shape index (κ2) is 7.26. The van der Waals surface area contributed by atoms with E-state index in [4.69, 9.17) is 9.15 Å². The lowest BCUT2D eigenvalue weighted by Gasteiger charge is -2.24. The van der Waals surface area contributed by atoms with Crippen molar-refractivity contribution in [3.63, 3.8) is 0 Å². The summed E-state index contributed by atoms with van der Waals surface area (Å²) < 4.78 is 12.1. The van der Waals surface area contributed by atoms with E-state index in [0.717, 1.165) is 19.3 Å². The van der Waals surface area contributed by atoms with E-state index >= 15 is 0 Å². The number of hydrogen-bond acceptors (Lipinski definition) is 7. The topological polar surface area (TPSA) is 112 Å². The minimum atomic E-state index is -0.622. The van der Waals surface area contributed by atoms with Gasteiger partial charge in [0, 0.05) is 23.7 Å². The molecular weight excluding hydrogens is 362 g/mol. The molecule has 0 bridgehead atoms. The molecule has 2 heterocycles. The standard InChI is InChI=1S/C19H19N5O4/c1-11-6-16(12-4-3-5-12)28-19(26)17(11)18(25)21-13-7-14(9-15(8-13)27-2)24-10-20-22-23-24/h6-10,12H,3-5H2,1-2H3,(H,21,25). The van der Waals surface area contributed by atoms with Gasteiger partial charge in [0.25, 0.3) is 5.91 Å². The predicted octanol–water partition coefficient (Wildman–Crippen LogP) is 2.45. The van der Waals surface area contributed by atoms with Crippen molar-refractivity contribution in [3.8, 4) is 11.4 Å². The van der Waals surface area contributed by atoms with E-state index in [1.807, 2.05) is 0 Å². The van der Waals surface area contributed by atoms with E-state index in [0.29, 0.717) is 28.4 Å². The molecule has 0 saturated heterocycles. The van der Waals surface area contributed by atoms with Gasteiger partial charge in [-0.1, -0.05) is 6.42 Å². The molecule has 144 valence electrons. The maximum atomic E-state index is 12.8. The molecule has 3 aromatic rings. The number of carbonyl (C=O) groups is 1. The van der Waals surface area contributed by atoms with Crippen LogP contribution < -0.4 is 15.7 Å².